The predicted molar refractivity (Wildman–Crippen MR) is 115 cm³/mol. The normalized spacial score (nSPS) is 17.4. The van der Waals surface area contributed by atoms with Crippen LogP contribution in [0.3, 0.4) is 0 Å². The number of halogens is 1. The van der Waals surface area contributed by atoms with Crippen molar-refractivity contribution in [1.29, 1.82) is 0 Å². The van der Waals surface area contributed by atoms with E-state index in [4.69, 9.17) is 4.74 Å². The molecule has 142 valence electrons. The number of hydrogen-bond acceptors (Lipinski definition) is 3. The summed E-state index contributed by atoms with van der Waals surface area (Å²) in [7, 11) is 3.86. The number of thioether (sulfide) groups is 1. The summed E-state index contributed by atoms with van der Waals surface area (Å²) >= 11 is 1.83. The quantitative estimate of drug-likeness (QED) is 0.611. The zero-order valence-corrected chi connectivity index (χ0v) is 18.1. The maximum absolute atomic E-state index is 5.22. The standard InChI is InChI=1S/C23H20N2OS.BrH/c1-25-22(12-5-6-15-24-18-9-7-10-19(16-18)26-2)27-21-14-13-17-8-3-4-11-20(17)23(21)25;/h3-16H,1-2H3;1H. The van der Waals surface area contributed by atoms with Crippen LogP contribution < -0.4 is 26.6 Å². The third-order valence-electron chi connectivity index (χ3n) is 4.58. The molecule has 0 saturated heterocycles. The lowest BCUT2D eigenvalue weighted by molar-refractivity contribution is -0.754. The van der Waals surface area contributed by atoms with Crippen molar-refractivity contribution in [2.75, 3.05) is 14.2 Å². The minimum Gasteiger partial charge on any atom is -1.00 e. The molecule has 0 fully saturated rings. The van der Waals surface area contributed by atoms with Gasteiger partial charge in [-0.05, 0) is 47.5 Å². The highest BCUT2D eigenvalue weighted by Gasteiger charge is 2.29. The van der Waals surface area contributed by atoms with Gasteiger partial charge in [0.25, 0.3) is 0 Å². The number of nitrogens with zero attached hydrogens (tertiary/aromatic N) is 1. The van der Waals surface area contributed by atoms with Crippen LogP contribution in [0.1, 0.15) is 0 Å². The number of rotatable bonds is 4. The monoisotopic (exact) mass is 452 g/mol. The fraction of sp³-hybridized carbons (Fsp3) is 0.0870. The van der Waals surface area contributed by atoms with Crippen molar-refractivity contribution in [3.8, 4) is 5.75 Å². The summed E-state index contributed by atoms with van der Waals surface area (Å²) in [6.07, 6.45) is 7.97. The van der Waals surface area contributed by atoms with Crippen LogP contribution in [-0.4, -0.2) is 20.4 Å². The molecule has 0 radical (unpaired) electrons. The van der Waals surface area contributed by atoms with Crippen LogP contribution in [0.2, 0.25) is 0 Å². The topological polar surface area (TPSA) is 26.0 Å². The van der Waals surface area contributed by atoms with E-state index in [9.17, 15) is 0 Å². The summed E-state index contributed by atoms with van der Waals surface area (Å²) in [5, 5.41) is 3.90. The second-order valence-corrected chi connectivity index (χ2v) is 7.37. The summed E-state index contributed by atoms with van der Waals surface area (Å²) in [5.41, 5.74) is 2.24. The Morgan fingerprint density at radius 2 is 1.86 bits per heavy atom. The molecule has 1 aliphatic rings. The van der Waals surface area contributed by atoms with E-state index in [-0.39, 0.29) is 17.0 Å². The van der Waals surface area contributed by atoms with Gasteiger partial charge >= 0.3 is 0 Å². The number of benzene rings is 3. The van der Waals surface area contributed by atoms with Gasteiger partial charge in [-0.2, -0.15) is 0 Å². The van der Waals surface area contributed by atoms with Crippen LogP contribution in [0.4, 0.5) is 11.4 Å². The Balaban J connectivity index is 0.00000225. The summed E-state index contributed by atoms with van der Waals surface area (Å²) in [5.74, 6) is 0.813. The van der Waals surface area contributed by atoms with Gasteiger partial charge in [0.05, 0.1) is 24.7 Å². The Labute approximate surface area is 180 Å². The second-order valence-electron chi connectivity index (χ2n) is 6.28. The lowest BCUT2D eigenvalue weighted by Crippen LogP contribution is -3.00. The van der Waals surface area contributed by atoms with Gasteiger partial charge in [0.2, 0.25) is 0 Å². The molecule has 1 unspecified atom stereocenters. The summed E-state index contributed by atoms with van der Waals surface area (Å²) in [6.45, 7) is 0. The van der Waals surface area contributed by atoms with Gasteiger partial charge in [-0.3, -0.25) is 9.89 Å². The lowest BCUT2D eigenvalue weighted by Gasteiger charge is -2.09. The average Bonchev–Trinajstić information content (AvgIpc) is 3.04. The van der Waals surface area contributed by atoms with E-state index < -0.39 is 0 Å². The summed E-state index contributed by atoms with van der Waals surface area (Å²) in [4.78, 5) is 7.11. The third-order valence-corrected chi connectivity index (χ3v) is 5.80. The van der Waals surface area contributed by atoms with Gasteiger partial charge in [0, 0.05) is 23.7 Å². The van der Waals surface area contributed by atoms with Crippen LogP contribution in [0.15, 0.2) is 93.8 Å². The van der Waals surface area contributed by atoms with Crippen LogP contribution >= 0.6 is 11.8 Å². The molecule has 0 aliphatic carbocycles. The zero-order valence-electron chi connectivity index (χ0n) is 15.7. The Bertz CT molecular complexity index is 1080. The lowest BCUT2D eigenvalue weighted by atomic mass is 10.1. The van der Waals surface area contributed by atoms with Crippen molar-refractivity contribution in [1.82, 2.24) is 0 Å². The molecule has 5 heteroatoms. The number of hydrogen-bond donors (Lipinski definition) is 1. The smallest absolute Gasteiger partial charge is 0.175 e. The molecule has 0 aromatic heterocycles. The van der Waals surface area contributed by atoms with E-state index in [1.165, 1.54) is 31.3 Å². The van der Waals surface area contributed by atoms with E-state index in [0.29, 0.717) is 0 Å². The fourth-order valence-corrected chi connectivity index (χ4v) is 4.35. The van der Waals surface area contributed by atoms with Crippen molar-refractivity contribution in [3.63, 3.8) is 0 Å². The number of aliphatic imine (C=N–C) groups is 1. The maximum Gasteiger partial charge on any atom is 0.175 e. The van der Waals surface area contributed by atoms with Crippen molar-refractivity contribution < 1.29 is 26.6 Å². The number of nitrogens with one attached hydrogen (secondary N) is 1. The molecular formula is C23H21BrN2OS. The molecule has 1 heterocycles. The van der Waals surface area contributed by atoms with Gasteiger partial charge in [0.1, 0.15) is 5.75 Å². The van der Waals surface area contributed by atoms with E-state index in [1.807, 2.05) is 54.4 Å². The molecule has 0 spiro atoms. The molecule has 0 saturated carbocycles. The molecule has 3 nitrogen and oxygen atoms in total. The molecule has 4 rings (SSSR count). The Morgan fingerprint density at radius 1 is 1.00 bits per heavy atom. The SMILES string of the molecule is COc1cccc(N=CC=CC=C2Sc3ccc4ccccc4c3[NH+]2C)c1.[Br-]. The summed E-state index contributed by atoms with van der Waals surface area (Å²) in [6, 6.07) is 20.7. The largest absolute Gasteiger partial charge is 1.00 e. The predicted octanol–water partition coefficient (Wildman–Crippen LogP) is 1.90. The average molecular weight is 453 g/mol. The van der Waals surface area contributed by atoms with Gasteiger partial charge in [-0.25, -0.2) is 0 Å². The molecule has 3 aromatic carbocycles. The molecule has 0 bridgehead atoms. The number of quaternary nitrogens is 1. The minimum absolute atomic E-state index is 0. The molecule has 28 heavy (non-hydrogen) atoms. The number of fused-ring (bicyclic) bond motifs is 3. The zero-order chi connectivity index (χ0) is 18.6. The Morgan fingerprint density at radius 3 is 2.71 bits per heavy atom. The molecular weight excluding hydrogens is 432 g/mol. The first-order valence-electron chi connectivity index (χ1n) is 8.85. The van der Waals surface area contributed by atoms with Crippen molar-refractivity contribution in [3.05, 3.63) is 83.9 Å². The van der Waals surface area contributed by atoms with Gasteiger partial charge in [-0.15, -0.1) is 0 Å². The fourth-order valence-electron chi connectivity index (χ4n) is 3.21. The Hall–Kier alpha value is -2.34. The second kappa shape index (κ2) is 9.24. The van der Waals surface area contributed by atoms with Crippen LogP contribution in [0, 0.1) is 0 Å². The third kappa shape index (κ3) is 4.22. The molecule has 1 atom stereocenters. The first kappa shape index (κ1) is 20.4. The van der Waals surface area contributed by atoms with E-state index in [0.717, 1.165) is 11.4 Å². The van der Waals surface area contributed by atoms with Crippen molar-refractivity contribution in [2.24, 2.45) is 4.99 Å². The van der Waals surface area contributed by atoms with Crippen LogP contribution in [-0.2, 0) is 0 Å². The first-order chi connectivity index (χ1) is 13.3. The van der Waals surface area contributed by atoms with Gasteiger partial charge in [0.15, 0.2) is 10.7 Å². The molecule has 1 aliphatic heterocycles. The van der Waals surface area contributed by atoms with E-state index in [2.05, 4.69) is 54.5 Å². The van der Waals surface area contributed by atoms with Crippen molar-refractivity contribution in [2.45, 2.75) is 4.90 Å². The van der Waals surface area contributed by atoms with Gasteiger partial charge in [-0.1, -0.05) is 36.4 Å². The van der Waals surface area contributed by atoms with E-state index >= 15 is 0 Å². The molecule has 3 aromatic rings. The number of ether oxygens (including phenoxy) is 1. The van der Waals surface area contributed by atoms with Gasteiger partial charge < -0.3 is 21.7 Å². The van der Waals surface area contributed by atoms with E-state index in [1.54, 1.807) is 7.11 Å². The maximum atomic E-state index is 5.22. The summed E-state index contributed by atoms with van der Waals surface area (Å²) < 4.78 is 5.22. The highest BCUT2D eigenvalue weighted by atomic mass is 79.9. The molecule has 0 amide bonds. The number of allylic oxidation sites excluding steroid dienone is 3. The molecule has 1 N–H and O–H groups in total. The number of methoxy groups -OCH3 is 1. The van der Waals surface area contributed by atoms with Crippen LogP contribution in [0.25, 0.3) is 10.8 Å². The highest BCUT2D eigenvalue weighted by molar-refractivity contribution is 8.03. The first-order valence-corrected chi connectivity index (χ1v) is 9.67. The minimum atomic E-state index is 0. The highest BCUT2D eigenvalue weighted by Crippen LogP contribution is 2.39. The van der Waals surface area contributed by atoms with Crippen LogP contribution in [0.5, 0.6) is 5.75 Å². The Kier molecular flexibility index (Phi) is 6.73. The van der Waals surface area contributed by atoms with Crippen molar-refractivity contribution >= 4 is 40.1 Å².